The zero-order valence-corrected chi connectivity index (χ0v) is 16.7. The second-order valence-electron chi connectivity index (χ2n) is 5.53. The second kappa shape index (κ2) is 7.91. The maximum atomic E-state index is 10.7. The molecule has 26 heavy (non-hydrogen) atoms. The molecule has 1 aliphatic heterocycles. The van der Waals surface area contributed by atoms with E-state index in [0.29, 0.717) is 17.2 Å². The van der Waals surface area contributed by atoms with Crippen LogP contribution in [0.3, 0.4) is 0 Å². The standard InChI is InChI=1S/C17H18N2O4S3/c1-3-24-17(18-23-26(20,21)22)11-12-8-9-14-16(10-12)25-15-7-5-4-6-13(15)19(14)2/h4-10H,3,11H2,1-2H3,(H,20,21,22)/b18-17-. The highest BCUT2D eigenvalue weighted by Gasteiger charge is 2.20. The van der Waals surface area contributed by atoms with E-state index >= 15 is 0 Å². The van der Waals surface area contributed by atoms with Crippen molar-refractivity contribution in [3.8, 4) is 0 Å². The predicted molar refractivity (Wildman–Crippen MR) is 107 cm³/mol. The van der Waals surface area contributed by atoms with Gasteiger partial charge < -0.3 is 4.90 Å². The summed E-state index contributed by atoms with van der Waals surface area (Å²) in [5.74, 6) is 0.712. The van der Waals surface area contributed by atoms with Gasteiger partial charge in [0.15, 0.2) is 0 Å². The maximum absolute atomic E-state index is 10.7. The number of para-hydroxylation sites is 1. The van der Waals surface area contributed by atoms with Crippen molar-refractivity contribution in [2.45, 2.75) is 23.1 Å². The van der Waals surface area contributed by atoms with Crippen LogP contribution >= 0.6 is 23.5 Å². The van der Waals surface area contributed by atoms with Gasteiger partial charge in [-0.15, -0.1) is 11.8 Å². The van der Waals surface area contributed by atoms with Crippen molar-refractivity contribution in [2.75, 3.05) is 17.7 Å². The first kappa shape index (κ1) is 19.1. The number of thioether (sulfide) groups is 1. The van der Waals surface area contributed by atoms with Crippen molar-refractivity contribution in [3.05, 3.63) is 48.0 Å². The molecule has 0 saturated heterocycles. The van der Waals surface area contributed by atoms with Gasteiger partial charge >= 0.3 is 10.4 Å². The van der Waals surface area contributed by atoms with E-state index < -0.39 is 10.4 Å². The highest BCUT2D eigenvalue weighted by molar-refractivity contribution is 8.13. The Labute approximate surface area is 161 Å². The molecular formula is C17H18N2O4S3. The Morgan fingerprint density at radius 1 is 1.23 bits per heavy atom. The molecule has 2 aromatic carbocycles. The number of hydrogen-bond acceptors (Lipinski definition) is 7. The van der Waals surface area contributed by atoms with Gasteiger partial charge in [0.1, 0.15) is 5.04 Å². The summed E-state index contributed by atoms with van der Waals surface area (Å²) in [5, 5.41) is 4.05. The quantitative estimate of drug-likeness (QED) is 0.340. The number of anilines is 2. The smallest absolute Gasteiger partial charge is 0.343 e. The van der Waals surface area contributed by atoms with Crippen LogP contribution in [-0.2, 0) is 21.1 Å². The van der Waals surface area contributed by atoms with E-state index in [1.807, 2.05) is 38.2 Å². The molecule has 2 aromatic rings. The molecule has 0 spiro atoms. The van der Waals surface area contributed by atoms with Crippen LogP contribution in [0, 0.1) is 0 Å². The van der Waals surface area contributed by atoms with Crippen LogP contribution in [0.5, 0.6) is 0 Å². The molecule has 138 valence electrons. The van der Waals surface area contributed by atoms with Crippen LogP contribution in [0.2, 0.25) is 0 Å². The van der Waals surface area contributed by atoms with Crippen LogP contribution in [0.4, 0.5) is 11.4 Å². The average Bonchev–Trinajstić information content (AvgIpc) is 2.59. The minimum atomic E-state index is -4.60. The van der Waals surface area contributed by atoms with E-state index in [1.165, 1.54) is 22.3 Å². The lowest BCUT2D eigenvalue weighted by atomic mass is 10.1. The number of fused-ring (bicyclic) bond motifs is 2. The monoisotopic (exact) mass is 410 g/mol. The second-order valence-corrected chi connectivity index (χ2v) is 8.95. The summed E-state index contributed by atoms with van der Waals surface area (Å²) in [4.78, 5) is 4.47. The van der Waals surface area contributed by atoms with Crippen molar-refractivity contribution in [3.63, 3.8) is 0 Å². The number of hydrogen-bond donors (Lipinski definition) is 1. The summed E-state index contributed by atoms with van der Waals surface area (Å²) in [6.45, 7) is 1.93. The van der Waals surface area contributed by atoms with Gasteiger partial charge in [0, 0.05) is 23.3 Å². The molecule has 1 heterocycles. The summed E-state index contributed by atoms with van der Waals surface area (Å²) in [6.07, 6.45) is 0.424. The minimum Gasteiger partial charge on any atom is -0.343 e. The van der Waals surface area contributed by atoms with Gasteiger partial charge in [-0.2, -0.15) is 8.42 Å². The summed E-state index contributed by atoms with van der Waals surface area (Å²) in [6, 6.07) is 14.3. The molecule has 0 radical (unpaired) electrons. The first-order chi connectivity index (χ1) is 12.4. The fourth-order valence-electron chi connectivity index (χ4n) is 2.64. The normalized spacial score (nSPS) is 14.0. The molecule has 0 aromatic heterocycles. The first-order valence-corrected chi connectivity index (χ1v) is 11.0. The van der Waals surface area contributed by atoms with Crippen LogP contribution in [0.25, 0.3) is 0 Å². The largest absolute Gasteiger partial charge is 0.466 e. The third-order valence-electron chi connectivity index (χ3n) is 3.73. The van der Waals surface area contributed by atoms with Gasteiger partial charge in [-0.3, -0.25) is 4.55 Å². The zero-order chi connectivity index (χ0) is 18.7. The zero-order valence-electron chi connectivity index (χ0n) is 14.2. The molecule has 0 aliphatic carbocycles. The summed E-state index contributed by atoms with van der Waals surface area (Å²) in [7, 11) is -2.56. The highest BCUT2D eigenvalue weighted by Crippen LogP contribution is 2.47. The molecule has 0 fully saturated rings. The average molecular weight is 411 g/mol. The van der Waals surface area contributed by atoms with E-state index in [0.717, 1.165) is 16.1 Å². The van der Waals surface area contributed by atoms with Gasteiger partial charge in [0.05, 0.1) is 11.4 Å². The number of benzene rings is 2. The topological polar surface area (TPSA) is 79.2 Å². The molecule has 0 amide bonds. The van der Waals surface area contributed by atoms with Gasteiger partial charge in [0.25, 0.3) is 0 Å². The van der Waals surface area contributed by atoms with Crippen LogP contribution < -0.4 is 4.90 Å². The molecule has 3 rings (SSSR count). The number of rotatable bonds is 5. The van der Waals surface area contributed by atoms with Gasteiger partial charge in [-0.05, 0) is 35.6 Å². The fraction of sp³-hybridized carbons (Fsp3) is 0.235. The summed E-state index contributed by atoms with van der Waals surface area (Å²) in [5.41, 5.74) is 3.28. The highest BCUT2D eigenvalue weighted by atomic mass is 32.3. The molecule has 1 N–H and O–H groups in total. The van der Waals surface area contributed by atoms with Gasteiger partial charge in [-0.1, -0.05) is 42.0 Å². The van der Waals surface area contributed by atoms with E-state index in [4.69, 9.17) is 4.55 Å². The molecule has 0 atom stereocenters. The van der Waals surface area contributed by atoms with Crippen LogP contribution in [0.15, 0.2) is 57.4 Å². The lowest BCUT2D eigenvalue weighted by molar-refractivity contribution is 0.283. The molecule has 6 nitrogen and oxygen atoms in total. The molecular weight excluding hydrogens is 392 g/mol. The SMILES string of the molecule is CCS/C(Cc1ccc2c(c1)Sc1ccccc1N2C)=N\OS(=O)(=O)O. The Hall–Kier alpha value is -1.68. The van der Waals surface area contributed by atoms with Crippen molar-refractivity contribution in [1.82, 2.24) is 0 Å². The Kier molecular flexibility index (Phi) is 5.81. The number of oxime groups is 1. The van der Waals surface area contributed by atoms with Crippen LogP contribution in [-0.4, -0.2) is 30.8 Å². The summed E-state index contributed by atoms with van der Waals surface area (Å²) >= 11 is 3.07. The Balaban J connectivity index is 1.85. The number of nitrogens with zero attached hydrogens (tertiary/aromatic N) is 2. The van der Waals surface area contributed by atoms with Crippen LogP contribution in [0.1, 0.15) is 12.5 Å². The van der Waals surface area contributed by atoms with E-state index in [-0.39, 0.29) is 0 Å². The van der Waals surface area contributed by atoms with E-state index in [2.05, 4.69) is 32.5 Å². The lowest BCUT2D eigenvalue weighted by Gasteiger charge is -2.29. The third-order valence-corrected chi connectivity index (χ3v) is 5.95. The van der Waals surface area contributed by atoms with Crippen molar-refractivity contribution in [2.24, 2.45) is 5.16 Å². The predicted octanol–water partition coefficient (Wildman–Crippen LogP) is 4.35. The van der Waals surface area contributed by atoms with Crippen molar-refractivity contribution >= 4 is 50.3 Å². The Morgan fingerprint density at radius 3 is 2.69 bits per heavy atom. The first-order valence-electron chi connectivity index (χ1n) is 7.86. The molecule has 9 heteroatoms. The lowest BCUT2D eigenvalue weighted by Crippen LogP contribution is -2.14. The van der Waals surface area contributed by atoms with Crippen molar-refractivity contribution in [1.29, 1.82) is 0 Å². The molecule has 0 unspecified atom stereocenters. The minimum absolute atomic E-state index is 0.424. The maximum Gasteiger partial charge on any atom is 0.466 e. The molecule has 0 saturated carbocycles. The Morgan fingerprint density at radius 2 is 1.96 bits per heavy atom. The third kappa shape index (κ3) is 4.53. The fourth-order valence-corrected chi connectivity index (χ4v) is 4.77. The van der Waals surface area contributed by atoms with Gasteiger partial charge in [0.2, 0.25) is 0 Å². The van der Waals surface area contributed by atoms with E-state index in [9.17, 15) is 8.42 Å². The molecule has 0 bridgehead atoms. The van der Waals surface area contributed by atoms with E-state index in [1.54, 1.807) is 11.8 Å². The Bertz CT molecular complexity index is 945. The van der Waals surface area contributed by atoms with Gasteiger partial charge in [-0.25, -0.2) is 4.28 Å². The van der Waals surface area contributed by atoms with Crippen molar-refractivity contribution < 1.29 is 17.3 Å². The summed E-state index contributed by atoms with van der Waals surface area (Å²) < 4.78 is 34.4. The molecule has 1 aliphatic rings.